The van der Waals surface area contributed by atoms with E-state index < -0.39 is 60.2 Å². The summed E-state index contributed by atoms with van der Waals surface area (Å²) < 4.78 is 0. The van der Waals surface area contributed by atoms with Crippen molar-refractivity contribution >= 4 is 46.3 Å². The average molecular weight is 659 g/mol. The number of hydrogen-bond acceptors (Lipinski definition) is 7. The van der Waals surface area contributed by atoms with Gasteiger partial charge in [-0.2, -0.15) is 0 Å². The Kier molecular flexibility index (Phi) is 11.9. The molecular weight excluding hydrogens is 616 g/mol. The van der Waals surface area contributed by atoms with E-state index in [9.17, 15) is 29.1 Å². The van der Waals surface area contributed by atoms with Gasteiger partial charge in [-0.05, 0) is 53.8 Å². The Morgan fingerprint density at radius 2 is 1.46 bits per heavy atom. The standard InChI is InChI=1S/C34H42N8O6/c1-20-30(45)40-26(8-5-15-37-34(35)36)32(47)41-27(18-22-9-12-23-6-3-4-7-24(23)16-22)31(46)38-19-29(44)39-28(33(48)42(20)2)17-21-10-13-25(43)14-11-21/h3-4,6-7,9-14,16,20,26-28,43H,5,8,15,17-19H2,1-2H3,(H,38,46)(H,39,44)(H,40,45)(H,41,47)(H4,35,36,37). The molecule has 0 radical (unpaired) electrons. The van der Waals surface area contributed by atoms with Crippen LogP contribution in [0.1, 0.15) is 30.9 Å². The number of benzene rings is 3. The number of phenols is 1. The zero-order valence-electron chi connectivity index (χ0n) is 26.9. The highest BCUT2D eigenvalue weighted by atomic mass is 16.3. The summed E-state index contributed by atoms with van der Waals surface area (Å²) in [6.07, 6.45) is 0.607. The number of fused-ring (bicyclic) bond motifs is 1. The minimum absolute atomic E-state index is 0.0376. The second kappa shape index (κ2) is 16.3. The molecule has 1 heterocycles. The second-order valence-electron chi connectivity index (χ2n) is 11.8. The second-order valence-corrected chi connectivity index (χ2v) is 11.8. The van der Waals surface area contributed by atoms with Crippen molar-refractivity contribution < 1.29 is 29.1 Å². The molecule has 1 saturated heterocycles. The van der Waals surface area contributed by atoms with Gasteiger partial charge in [0.25, 0.3) is 0 Å². The van der Waals surface area contributed by atoms with Gasteiger partial charge in [-0.15, -0.1) is 0 Å². The number of amides is 5. The first kappa shape index (κ1) is 35.2. The minimum atomic E-state index is -1.11. The minimum Gasteiger partial charge on any atom is -0.508 e. The highest BCUT2D eigenvalue weighted by Gasteiger charge is 2.33. The molecule has 254 valence electrons. The highest BCUT2D eigenvalue weighted by Crippen LogP contribution is 2.18. The molecule has 14 heteroatoms. The number of phenolic OH excluding ortho intramolecular Hbond substituents is 1. The van der Waals surface area contributed by atoms with Gasteiger partial charge in [0.2, 0.25) is 29.5 Å². The number of aromatic hydroxyl groups is 1. The molecule has 0 spiro atoms. The van der Waals surface area contributed by atoms with Crippen molar-refractivity contribution in [2.75, 3.05) is 20.1 Å². The molecule has 1 aliphatic rings. The summed E-state index contributed by atoms with van der Waals surface area (Å²) in [5, 5.41) is 22.4. The number of carbonyl (C=O) groups excluding carboxylic acids is 5. The molecule has 48 heavy (non-hydrogen) atoms. The summed E-state index contributed by atoms with van der Waals surface area (Å²) in [5.41, 5.74) is 12.3. The fraction of sp³-hybridized carbons (Fsp3) is 0.353. The van der Waals surface area contributed by atoms with Crippen molar-refractivity contribution in [2.24, 2.45) is 16.5 Å². The first-order valence-corrected chi connectivity index (χ1v) is 15.7. The maximum atomic E-state index is 13.7. The molecule has 3 aromatic carbocycles. The number of guanidine groups is 1. The van der Waals surface area contributed by atoms with Crippen molar-refractivity contribution in [1.82, 2.24) is 26.2 Å². The Morgan fingerprint density at radius 1 is 0.812 bits per heavy atom. The summed E-state index contributed by atoms with van der Waals surface area (Å²) in [6.45, 7) is 1.23. The Bertz CT molecular complexity index is 1670. The highest BCUT2D eigenvalue weighted by molar-refractivity contribution is 5.97. The molecule has 4 unspecified atom stereocenters. The molecule has 0 aliphatic carbocycles. The van der Waals surface area contributed by atoms with Gasteiger partial charge >= 0.3 is 0 Å². The monoisotopic (exact) mass is 658 g/mol. The molecule has 0 aromatic heterocycles. The number of carbonyl (C=O) groups is 5. The van der Waals surface area contributed by atoms with Gasteiger partial charge in [0.15, 0.2) is 5.96 Å². The molecule has 1 aliphatic heterocycles. The molecule has 1 fully saturated rings. The first-order valence-electron chi connectivity index (χ1n) is 15.7. The maximum absolute atomic E-state index is 13.7. The first-order chi connectivity index (χ1) is 22.9. The van der Waals surface area contributed by atoms with Crippen LogP contribution in [0.2, 0.25) is 0 Å². The largest absolute Gasteiger partial charge is 0.508 e. The molecule has 0 saturated carbocycles. The summed E-state index contributed by atoms with van der Waals surface area (Å²) >= 11 is 0. The number of nitrogens with one attached hydrogen (secondary N) is 4. The fourth-order valence-electron chi connectivity index (χ4n) is 5.36. The molecule has 5 amide bonds. The summed E-state index contributed by atoms with van der Waals surface area (Å²) in [7, 11) is 1.43. The third-order valence-electron chi connectivity index (χ3n) is 8.21. The quantitative estimate of drug-likeness (QED) is 0.0975. The van der Waals surface area contributed by atoms with Crippen LogP contribution in [0.25, 0.3) is 10.8 Å². The smallest absolute Gasteiger partial charge is 0.245 e. The van der Waals surface area contributed by atoms with Gasteiger partial charge in [-0.3, -0.25) is 29.0 Å². The maximum Gasteiger partial charge on any atom is 0.245 e. The summed E-state index contributed by atoms with van der Waals surface area (Å²) in [6, 6.07) is 15.2. The van der Waals surface area contributed by atoms with E-state index in [1.807, 2.05) is 42.5 Å². The average Bonchev–Trinajstić information content (AvgIpc) is 3.07. The van der Waals surface area contributed by atoms with Crippen molar-refractivity contribution in [3.63, 3.8) is 0 Å². The van der Waals surface area contributed by atoms with Crippen molar-refractivity contribution in [1.29, 1.82) is 0 Å². The van der Waals surface area contributed by atoms with Crippen LogP contribution in [-0.4, -0.2) is 89.8 Å². The topological polar surface area (TPSA) is 221 Å². The number of nitrogens with two attached hydrogens (primary N) is 2. The lowest BCUT2D eigenvalue weighted by molar-refractivity contribution is -0.142. The van der Waals surface area contributed by atoms with Gasteiger partial charge in [-0.1, -0.05) is 54.6 Å². The lowest BCUT2D eigenvalue weighted by atomic mass is 10.0. The van der Waals surface area contributed by atoms with E-state index in [0.717, 1.165) is 16.3 Å². The van der Waals surface area contributed by atoms with Crippen LogP contribution >= 0.6 is 0 Å². The van der Waals surface area contributed by atoms with Crippen LogP contribution in [0, 0.1) is 0 Å². The van der Waals surface area contributed by atoms with Gasteiger partial charge in [0.05, 0.1) is 6.54 Å². The Morgan fingerprint density at radius 3 is 2.17 bits per heavy atom. The zero-order valence-corrected chi connectivity index (χ0v) is 26.9. The van der Waals surface area contributed by atoms with Crippen molar-refractivity contribution in [3.8, 4) is 5.75 Å². The van der Waals surface area contributed by atoms with Crippen LogP contribution in [0.4, 0.5) is 0 Å². The Balaban J connectivity index is 1.64. The molecular formula is C34H42N8O6. The van der Waals surface area contributed by atoms with Gasteiger partial charge in [0.1, 0.15) is 29.9 Å². The molecule has 4 rings (SSSR count). The lowest BCUT2D eigenvalue weighted by Gasteiger charge is -2.30. The predicted octanol–water partition coefficient (Wildman–Crippen LogP) is -0.185. The van der Waals surface area contributed by atoms with Crippen LogP contribution in [-0.2, 0) is 36.8 Å². The zero-order chi connectivity index (χ0) is 34.8. The van der Waals surface area contributed by atoms with Crippen molar-refractivity contribution in [2.45, 2.75) is 56.8 Å². The van der Waals surface area contributed by atoms with E-state index in [-0.39, 0.29) is 37.5 Å². The van der Waals surface area contributed by atoms with E-state index in [4.69, 9.17) is 11.5 Å². The summed E-state index contributed by atoms with van der Waals surface area (Å²) in [5.74, 6) is -3.16. The van der Waals surface area contributed by atoms with Crippen molar-refractivity contribution in [3.05, 3.63) is 77.9 Å². The van der Waals surface area contributed by atoms with Crippen LogP contribution in [0.5, 0.6) is 5.75 Å². The Labute approximate surface area is 278 Å². The van der Waals surface area contributed by atoms with Gasteiger partial charge < -0.3 is 42.7 Å². The molecule has 9 N–H and O–H groups in total. The van der Waals surface area contributed by atoms with E-state index in [2.05, 4.69) is 26.3 Å². The predicted molar refractivity (Wildman–Crippen MR) is 180 cm³/mol. The van der Waals surface area contributed by atoms with E-state index in [1.54, 1.807) is 12.1 Å². The number of hydrogen-bond donors (Lipinski definition) is 7. The third-order valence-corrected chi connectivity index (χ3v) is 8.21. The molecule has 14 nitrogen and oxygen atoms in total. The molecule has 0 bridgehead atoms. The van der Waals surface area contributed by atoms with Gasteiger partial charge in [0, 0.05) is 26.4 Å². The normalized spacial score (nSPS) is 21.3. The third kappa shape index (κ3) is 9.67. The van der Waals surface area contributed by atoms with Crippen LogP contribution in [0.3, 0.4) is 0 Å². The number of rotatable bonds is 8. The SMILES string of the molecule is CC1C(=O)NC(CCCN=C(N)N)C(=O)NC(Cc2ccc3ccccc3c2)C(=O)NCC(=O)NC(Cc2ccc(O)cc2)C(=O)N1C. The lowest BCUT2D eigenvalue weighted by Crippen LogP contribution is -2.57. The molecule has 3 aromatic rings. The van der Waals surface area contributed by atoms with E-state index in [0.29, 0.717) is 12.0 Å². The van der Waals surface area contributed by atoms with Gasteiger partial charge in [-0.25, -0.2) is 0 Å². The number of likely N-dealkylation sites (N-methyl/N-ethyl adjacent to an activating group) is 1. The van der Waals surface area contributed by atoms with E-state index >= 15 is 0 Å². The summed E-state index contributed by atoms with van der Waals surface area (Å²) in [4.78, 5) is 72.7. The van der Waals surface area contributed by atoms with Crippen LogP contribution in [0.15, 0.2) is 71.7 Å². The van der Waals surface area contributed by atoms with E-state index in [1.165, 1.54) is 31.0 Å². The number of nitrogens with zero attached hydrogens (tertiary/aromatic N) is 2. The van der Waals surface area contributed by atoms with Crippen LogP contribution < -0.4 is 32.7 Å². The Hall–Kier alpha value is -5.66. The molecule has 4 atom stereocenters. The number of aliphatic imine (C=N–C) groups is 1. The fourth-order valence-corrected chi connectivity index (χ4v) is 5.36.